The number of benzene rings is 2. The summed E-state index contributed by atoms with van der Waals surface area (Å²) < 4.78 is 0. The van der Waals surface area contributed by atoms with Gasteiger partial charge < -0.3 is 25.1 Å². The molecule has 0 aliphatic carbocycles. The van der Waals surface area contributed by atoms with E-state index in [4.69, 9.17) is 0 Å². The molecule has 0 saturated heterocycles. The molecule has 2 N–H and O–H groups in total. The predicted octanol–water partition coefficient (Wildman–Crippen LogP) is 14.9. The fourth-order valence-corrected chi connectivity index (χ4v) is 6.12. The summed E-state index contributed by atoms with van der Waals surface area (Å²) in [6.07, 6.45) is 38.6. The molecule has 2 aromatic rings. The monoisotopic (exact) mass is 729 g/mol. The molecule has 0 radical (unpaired) electrons. The van der Waals surface area contributed by atoms with Crippen LogP contribution in [-0.2, 0) is 39.0 Å². The van der Waals surface area contributed by atoms with Gasteiger partial charge in [0.2, 0.25) is 0 Å². The van der Waals surface area contributed by atoms with Gasteiger partial charge in [-0.3, -0.25) is 0 Å². The Morgan fingerprint density at radius 2 is 0.596 bits per heavy atom. The molecule has 0 bridgehead atoms. The van der Waals surface area contributed by atoms with Gasteiger partial charge in [0, 0.05) is 0 Å². The molecule has 270 valence electrons. The average molecular weight is 730 g/mol. The van der Waals surface area contributed by atoms with E-state index in [1.165, 1.54) is 178 Å². The summed E-state index contributed by atoms with van der Waals surface area (Å²) in [6.45, 7) is 4.56. The van der Waals surface area contributed by atoms with Crippen molar-refractivity contribution in [2.24, 2.45) is 0 Å². The molecule has 0 heterocycles. The Morgan fingerprint density at radius 3 is 0.830 bits per heavy atom. The molecular formula is C44H78O2Zr. The van der Waals surface area contributed by atoms with Crippen LogP contribution in [0.1, 0.15) is 192 Å². The van der Waals surface area contributed by atoms with Crippen molar-refractivity contribution in [3.05, 3.63) is 74.5 Å². The van der Waals surface area contributed by atoms with Crippen molar-refractivity contribution in [3.63, 3.8) is 0 Å². The molecule has 47 heavy (non-hydrogen) atoms. The molecule has 2 rings (SSSR count). The quantitative estimate of drug-likeness (QED) is 0.0676. The fraction of sp³-hybridized carbons (Fsp3) is 0.682. The standard InChI is InChI=1S/2C21H36O.2CH3.Zr/c2*1-2-3-4-5-6-7-8-9-10-11-12-13-14-16-20-17-15-18-21(22)19-20;;;/h2*15,17-19,22H,2-14,16H2,1H3;2*1H3;/q;;2*-1;+2. The molecule has 0 fully saturated rings. The van der Waals surface area contributed by atoms with Gasteiger partial charge in [-0.1, -0.05) is 192 Å². The molecule has 0 spiro atoms. The van der Waals surface area contributed by atoms with Gasteiger partial charge in [-0.25, -0.2) is 0 Å². The Bertz CT molecular complexity index is 796. The van der Waals surface area contributed by atoms with E-state index in [0.29, 0.717) is 11.5 Å². The molecule has 0 atom stereocenters. The zero-order valence-electron chi connectivity index (χ0n) is 31.8. The topological polar surface area (TPSA) is 40.5 Å². The van der Waals surface area contributed by atoms with Gasteiger partial charge >= 0.3 is 26.2 Å². The van der Waals surface area contributed by atoms with E-state index < -0.39 is 0 Å². The number of aromatic hydroxyl groups is 2. The van der Waals surface area contributed by atoms with Crippen LogP contribution < -0.4 is 0 Å². The summed E-state index contributed by atoms with van der Waals surface area (Å²) >= 11 is 0. The van der Waals surface area contributed by atoms with Crippen LogP contribution in [0.4, 0.5) is 0 Å². The van der Waals surface area contributed by atoms with Crippen LogP contribution in [-0.4, -0.2) is 10.2 Å². The van der Waals surface area contributed by atoms with Gasteiger partial charge in [0.05, 0.1) is 0 Å². The number of phenolic OH excluding ortho intramolecular Hbond substituents is 2. The number of unbranched alkanes of at least 4 members (excludes halogenated alkanes) is 24. The summed E-state index contributed by atoms with van der Waals surface area (Å²) in [6, 6.07) is 15.4. The van der Waals surface area contributed by atoms with Crippen LogP contribution in [0.5, 0.6) is 11.5 Å². The Labute approximate surface area is 314 Å². The molecule has 0 saturated carbocycles. The Morgan fingerprint density at radius 1 is 0.362 bits per heavy atom. The second-order valence-corrected chi connectivity index (χ2v) is 13.3. The average Bonchev–Trinajstić information content (AvgIpc) is 3.02. The van der Waals surface area contributed by atoms with Crippen LogP contribution in [0.3, 0.4) is 0 Å². The first-order chi connectivity index (χ1) is 21.7. The van der Waals surface area contributed by atoms with Crippen LogP contribution in [0, 0.1) is 14.9 Å². The minimum absolute atomic E-state index is 0. The zero-order valence-corrected chi connectivity index (χ0v) is 34.3. The van der Waals surface area contributed by atoms with Gasteiger partial charge in [-0.2, -0.15) is 0 Å². The molecule has 3 heteroatoms. The molecule has 0 aliphatic rings. The Balaban J connectivity index is -0.000000774. The maximum absolute atomic E-state index is 9.42. The maximum atomic E-state index is 9.42. The summed E-state index contributed by atoms with van der Waals surface area (Å²) in [4.78, 5) is 0. The maximum Gasteiger partial charge on any atom is 2.00 e. The van der Waals surface area contributed by atoms with Crippen LogP contribution in [0.2, 0.25) is 0 Å². The third kappa shape index (κ3) is 34.6. The van der Waals surface area contributed by atoms with Gasteiger partial charge in [0.25, 0.3) is 0 Å². The van der Waals surface area contributed by atoms with Crippen molar-refractivity contribution < 1.29 is 36.4 Å². The van der Waals surface area contributed by atoms with Gasteiger partial charge in [0.1, 0.15) is 11.5 Å². The van der Waals surface area contributed by atoms with Crippen molar-refractivity contribution in [2.75, 3.05) is 0 Å². The molecule has 0 aromatic heterocycles. The zero-order chi connectivity index (χ0) is 31.8. The predicted molar refractivity (Wildman–Crippen MR) is 208 cm³/mol. The van der Waals surface area contributed by atoms with E-state index in [2.05, 4.69) is 26.0 Å². The van der Waals surface area contributed by atoms with Crippen molar-refractivity contribution in [1.82, 2.24) is 0 Å². The van der Waals surface area contributed by atoms with E-state index in [1.807, 2.05) is 24.3 Å². The molecule has 2 aromatic carbocycles. The minimum atomic E-state index is 0. The number of phenols is 2. The van der Waals surface area contributed by atoms with Crippen molar-refractivity contribution in [3.8, 4) is 11.5 Å². The van der Waals surface area contributed by atoms with Crippen molar-refractivity contribution >= 4 is 0 Å². The molecule has 0 unspecified atom stereocenters. The van der Waals surface area contributed by atoms with Crippen LogP contribution >= 0.6 is 0 Å². The van der Waals surface area contributed by atoms with E-state index >= 15 is 0 Å². The van der Waals surface area contributed by atoms with E-state index in [9.17, 15) is 10.2 Å². The first kappa shape index (κ1) is 50.3. The number of rotatable bonds is 28. The first-order valence-electron chi connectivity index (χ1n) is 19.2. The van der Waals surface area contributed by atoms with E-state index in [-0.39, 0.29) is 41.1 Å². The minimum Gasteiger partial charge on any atom is -0.508 e. The molecule has 2 nitrogen and oxygen atoms in total. The summed E-state index contributed by atoms with van der Waals surface area (Å²) in [5.41, 5.74) is 2.53. The third-order valence-corrected chi connectivity index (χ3v) is 8.96. The Hall–Kier alpha value is -1.08. The number of aryl methyl sites for hydroxylation is 2. The summed E-state index contributed by atoms with van der Waals surface area (Å²) in [5, 5.41) is 18.8. The smallest absolute Gasteiger partial charge is 0.508 e. The Kier molecular flexibility index (Phi) is 42.1. The van der Waals surface area contributed by atoms with Gasteiger partial charge in [0.15, 0.2) is 0 Å². The van der Waals surface area contributed by atoms with Gasteiger partial charge in [-0.05, 0) is 61.1 Å². The molecule has 0 aliphatic heterocycles. The molecule has 0 amide bonds. The largest absolute Gasteiger partial charge is 2.00 e. The number of hydrogen-bond acceptors (Lipinski definition) is 2. The fourth-order valence-electron chi connectivity index (χ4n) is 6.12. The van der Waals surface area contributed by atoms with Crippen LogP contribution in [0.25, 0.3) is 0 Å². The molecular weight excluding hydrogens is 652 g/mol. The second-order valence-electron chi connectivity index (χ2n) is 13.3. The normalized spacial score (nSPS) is 10.3. The van der Waals surface area contributed by atoms with E-state index in [1.54, 1.807) is 12.1 Å². The van der Waals surface area contributed by atoms with Crippen molar-refractivity contribution in [2.45, 2.75) is 194 Å². The summed E-state index contributed by atoms with van der Waals surface area (Å²) in [7, 11) is 0. The third-order valence-electron chi connectivity index (χ3n) is 8.96. The second kappa shape index (κ2) is 39.4. The van der Waals surface area contributed by atoms with E-state index in [0.717, 1.165) is 12.8 Å². The number of hydrogen-bond donors (Lipinski definition) is 2. The SMILES string of the molecule is CCCCCCCCCCCCCCCc1cccc(O)c1.CCCCCCCCCCCCCCCc1cccc(O)c1.[CH3-].[CH3-].[Zr+2]. The van der Waals surface area contributed by atoms with Crippen molar-refractivity contribution in [1.29, 1.82) is 0 Å². The summed E-state index contributed by atoms with van der Waals surface area (Å²) in [5.74, 6) is 0.791. The van der Waals surface area contributed by atoms with Crippen LogP contribution in [0.15, 0.2) is 48.5 Å². The van der Waals surface area contributed by atoms with Gasteiger partial charge in [-0.15, -0.1) is 0 Å². The first-order valence-corrected chi connectivity index (χ1v) is 19.2.